The Bertz CT molecular complexity index is 765. The molecule has 0 saturated carbocycles. The lowest BCUT2D eigenvalue weighted by molar-refractivity contribution is -0.133. The number of carbonyl (C=O) groups is 1. The average molecular weight is 370 g/mol. The van der Waals surface area contributed by atoms with E-state index in [1.807, 2.05) is 23.0 Å². The summed E-state index contributed by atoms with van der Waals surface area (Å²) < 4.78 is 7.00. The maximum atomic E-state index is 12.7. The Kier molecular flexibility index (Phi) is 5.45. The number of fused-ring (bicyclic) bond motifs is 3. The van der Waals surface area contributed by atoms with Crippen molar-refractivity contribution in [3.05, 3.63) is 42.0 Å². The van der Waals surface area contributed by atoms with Crippen molar-refractivity contribution in [3.8, 4) is 0 Å². The number of nitrogens with one attached hydrogen (secondary N) is 1. The van der Waals surface area contributed by atoms with Gasteiger partial charge in [-0.05, 0) is 36.9 Å². The van der Waals surface area contributed by atoms with Crippen LogP contribution in [-0.4, -0.2) is 57.0 Å². The molecule has 5 heterocycles. The number of ether oxygens (including phenoxy) is 1. The van der Waals surface area contributed by atoms with Crippen LogP contribution in [0.3, 0.4) is 0 Å². The highest BCUT2D eigenvalue weighted by Crippen LogP contribution is 2.36. The molecule has 2 aromatic heterocycles. The molecule has 1 amide bonds. The molecule has 144 valence electrons. The number of piperidine rings is 3. The third-order valence-corrected chi connectivity index (χ3v) is 5.68. The minimum absolute atomic E-state index is 0.0754. The van der Waals surface area contributed by atoms with Crippen LogP contribution in [0, 0.1) is 11.8 Å². The van der Waals surface area contributed by atoms with E-state index in [1.165, 1.54) is 0 Å². The van der Waals surface area contributed by atoms with Crippen LogP contribution in [0.25, 0.3) is 0 Å². The number of nitrogens with zero attached hydrogens (tertiary/aromatic N) is 5. The van der Waals surface area contributed by atoms with E-state index < -0.39 is 0 Å². The Morgan fingerprint density at radius 1 is 1.44 bits per heavy atom. The highest BCUT2D eigenvalue weighted by Gasteiger charge is 2.43. The zero-order valence-corrected chi connectivity index (χ0v) is 15.6. The van der Waals surface area contributed by atoms with Crippen molar-refractivity contribution in [3.63, 3.8) is 0 Å². The molecule has 3 fully saturated rings. The van der Waals surface area contributed by atoms with Gasteiger partial charge in [-0.25, -0.2) is 0 Å². The maximum Gasteiger partial charge on any atom is 0.224 e. The monoisotopic (exact) mass is 370 g/mol. The second-order valence-electron chi connectivity index (χ2n) is 7.48. The van der Waals surface area contributed by atoms with Crippen LogP contribution >= 0.6 is 0 Å². The van der Waals surface area contributed by atoms with Gasteiger partial charge in [0.05, 0.1) is 25.3 Å². The summed E-state index contributed by atoms with van der Waals surface area (Å²) in [6.07, 6.45) is 7.61. The number of hydrogen-bond acceptors (Lipinski definition) is 6. The maximum absolute atomic E-state index is 12.7. The summed E-state index contributed by atoms with van der Waals surface area (Å²) in [5, 5.41) is 11.4. The number of amides is 1. The molecule has 3 aliphatic heterocycles. The number of hydrogen-bond donors (Lipinski definition) is 1. The summed E-state index contributed by atoms with van der Waals surface area (Å²) in [5.41, 5.74) is 1.88. The summed E-state index contributed by atoms with van der Waals surface area (Å²) >= 11 is 0. The van der Waals surface area contributed by atoms with Crippen LogP contribution in [0.1, 0.15) is 24.1 Å². The van der Waals surface area contributed by atoms with Crippen molar-refractivity contribution in [1.29, 1.82) is 0 Å². The van der Waals surface area contributed by atoms with E-state index in [9.17, 15) is 4.79 Å². The largest absolute Gasteiger partial charge is 0.378 e. The van der Waals surface area contributed by atoms with Crippen molar-refractivity contribution in [2.45, 2.75) is 38.6 Å². The second kappa shape index (κ2) is 8.14. The van der Waals surface area contributed by atoms with Gasteiger partial charge in [0.1, 0.15) is 5.69 Å². The Balaban J connectivity index is 1.32. The molecule has 2 bridgehead atoms. The molecule has 0 spiro atoms. The smallest absolute Gasteiger partial charge is 0.224 e. The molecule has 0 aliphatic carbocycles. The molecule has 8 nitrogen and oxygen atoms in total. The van der Waals surface area contributed by atoms with E-state index in [2.05, 4.69) is 25.5 Å². The zero-order valence-electron chi connectivity index (χ0n) is 15.6. The summed E-state index contributed by atoms with van der Waals surface area (Å²) in [6, 6.07) is 4.29. The van der Waals surface area contributed by atoms with Crippen molar-refractivity contribution in [2.24, 2.45) is 11.8 Å². The number of carbonyl (C=O) groups excluding carboxylic acids is 1. The predicted octanol–water partition coefficient (Wildman–Crippen LogP) is 0.846. The molecular weight excluding hydrogens is 344 g/mol. The van der Waals surface area contributed by atoms with Gasteiger partial charge in [0.15, 0.2) is 0 Å². The van der Waals surface area contributed by atoms with Crippen molar-refractivity contribution < 1.29 is 9.53 Å². The molecule has 27 heavy (non-hydrogen) atoms. The van der Waals surface area contributed by atoms with Gasteiger partial charge in [-0.15, -0.1) is 5.10 Å². The van der Waals surface area contributed by atoms with E-state index in [1.54, 1.807) is 19.5 Å². The first-order chi connectivity index (χ1) is 13.2. The number of pyridine rings is 1. The molecule has 1 N–H and O–H groups in total. The lowest BCUT2D eigenvalue weighted by Crippen LogP contribution is -2.58. The number of aromatic nitrogens is 4. The summed E-state index contributed by atoms with van der Waals surface area (Å²) in [5.74, 6) is 0.678. The SMILES string of the molecule is COCc1cn(C[C@H]2C[C@H]3CCN2C[C@@H]3C(=O)NCc2cccnc2)nn1. The fourth-order valence-electron chi connectivity index (χ4n) is 4.31. The standard InChI is InChI=1S/C19H26N6O2/c1-27-13-16-10-25(23-22-16)11-17-7-15-4-6-24(17)12-18(15)19(26)21-9-14-3-2-5-20-8-14/h2-3,5,8,10,15,17-18H,4,6-7,9,11-13H2,1H3,(H,21,26)/t15-,17-,18+/m1/s1. The summed E-state index contributed by atoms with van der Waals surface area (Å²) in [6.45, 7) is 3.73. The molecule has 1 unspecified atom stereocenters. The van der Waals surface area contributed by atoms with Crippen LogP contribution in [0.15, 0.2) is 30.7 Å². The summed E-state index contributed by atoms with van der Waals surface area (Å²) in [4.78, 5) is 19.2. The van der Waals surface area contributed by atoms with Crippen LogP contribution in [-0.2, 0) is 29.2 Å². The van der Waals surface area contributed by atoms with E-state index in [4.69, 9.17) is 4.74 Å². The van der Waals surface area contributed by atoms with Crippen LogP contribution in [0.4, 0.5) is 0 Å². The molecule has 8 heteroatoms. The molecule has 0 aromatic carbocycles. The molecule has 4 atom stereocenters. The quantitative estimate of drug-likeness (QED) is 0.778. The molecule has 2 aromatic rings. The first-order valence-corrected chi connectivity index (χ1v) is 9.51. The fraction of sp³-hybridized carbons (Fsp3) is 0.579. The van der Waals surface area contributed by atoms with Crippen LogP contribution in [0.5, 0.6) is 0 Å². The Morgan fingerprint density at radius 2 is 2.37 bits per heavy atom. The normalized spacial score (nSPS) is 26.9. The third kappa shape index (κ3) is 4.17. The lowest BCUT2D eigenvalue weighted by atomic mass is 9.75. The first-order valence-electron chi connectivity index (χ1n) is 9.51. The van der Waals surface area contributed by atoms with E-state index in [0.29, 0.717) is 25.1 Å². The zero-order chi connectivity index (χ0) is 18.6. The van der Waals surface area contributed by atoms with Crippen molar-refractivity contribution in [1.82, 2.24) is 30.2 Å². The lowest BCUT2D eigenvalue weighted by Gasteiger charge is -2.49. The number of methoxy groups -OCH3 is 1. The van der Waals surface area contributed by atoms with Gasteiger partial charge in [0.2, 0.25) is 5.91 Å². The van der Waals surface area contributed by atoms with Gasteiger partial charge in [-0.1, -0.05) is 11.3 Å². The third-order valence-electron chi connectivity index (χ3n) is 5.68. The first kappa shape index (κ1) is 18.1. The minimum atomic E-state index is 0.0754. The molecule has 0 radical (unpaired) electrons. The topological polar surface area (TPSA) is 85.2 Å². The summed E-state index contributed by atoms with van der Waals surface area (Å²) in [7, 11) is 1.66. The van der Waals surface area contributed by atoms with Crippen LogP contribution in [0.2, 0.25) is 0 Å². The average Bonchev–Trinajstić information content (AvgIpc) is 3.14. The minimum Gasteiger partial charge on any atom is -0.378 e. The van der Waals surface area contributed by atoms with E-state index in [-0.39, 0.29) is 11.8 Å². The van der Waals surface area contributed by atoms with Crippen molar-refractivity contribution in [2.75, 3.05) is 20.2 Å². The van der Waals surface area contributed by atoms with Gasteiger partial charge < -0.3 is 10.1 Å². The van der Waals surface area contributed by atoms with E-state index >= 15 is 0 Å². The Hall–Kier alpha value is -2.32. The highest BCUT2D eigenvalue weighted by atomic mass is 16.5. The van der Waals surface area contributed by atoms with Crippen molar-refractivity contribution >= 4 is 5.91 Å². The molecule has 5 rings (SSSR count). The van der Waals surface area contributed by atoms with Gasteiger partial charge in [-0.3, -0.25) is 19.4 Å². The number of rotatable bonds is 7. The molecule has 3 aliphatic rings. The Morgan fingerprint density at radius 3 is 3.11 bits per heavy atom. The fourth-order valence-corrected chi connectivity index (χ4v) is 4.31. The van der Waals surface area contributed by atoms with Gasteiger partial charge in [0.25, 0.3) is 0 Å². The molecular formula is C19H26N6O2. The van der Waals surface area contributed by atoms with Gasteiger partial charge in [-0.2, -0.15) is 0 Å². The van der Waals surface area contributed by atoms with E-state index in [0.717, 1.165) is 43.7 Å². The predicted molar refractivity (Wildman–Crippen MR) is 98.4 cm³/mol. The van der Waals surface area contributed by atoms with Crippen LogP contribution < -0.4 is 5.32 Å². The van der Waals surface area contributed by atoms with Gasteiger partial charge >= 0.3 is 0 Å². The van der Waals surface area contributed by atoms with Gasteiger partial charge in [0, 0.05) is 38.6 Å². The second-order valence-corrected chi connectivity index (χ2v) is 7.48. The molecule has 3 saturated heterocycles. The Labute approximate surface area is 158 Å². The highest BCUT2D eigenvalue weighted by molar-refractivity contribution is 5.79.